The van der Waals surface area contributed by atoms with Crippen molar-refractivity contribution in [3.8, 4) is 0 Å². The van der Waals surface area contributed by atoms with Gasteiger partial charge in [-0.05, 0) is 63.2 Å². The lowest BCUT2D eigenvalue weighted by molar-refractivity contribution is -0.138. The van der Waals surface area contributed by atoms with E-state index in [1.54, 1.807) is 0 Å². The van der Waals surface area contributed by atoms with Crippen LogP contribution >= 0.6 is 0 Å². The van der Waals surface area contributed by atoms with E-state index in [9.17, 15) is 19.2 Å². The molecule has 0 aromatic carbocycles. The second kappa shape index (κ2) is 28.3. The van der Waals surface area contributed by atoms with Gasteiger partial charge in [0.1, 0.15) is 0 Å². The summed E-state index contributed by atoms with van der Waals surface area (Å²) >= 11 is 0. The zero-order chi connectivity index (χ0) is 43.7. The normalized spacial score (nSPS) is 25.9. The molecule has 1 saturated heterocycles. The van der Waals surface area contributed by atoms with Gasteiger partial charge in [-0.15, -0.1) is 0 Å². The third kappa shape index (κ3) is 20.3. The van der Waals surface area contributed by atoms with Gasteiger partial charge < -0.3 is 16.5 Å². The highest BCUT2D eigenvalue weighted by Gasteiger charge is 2.56. The Balaban J connectivity index is 1.68. The molecule has 0 aromatic heterocycles. The molecular formula is C46H86N2O8Si4. The standard InChI is InChI=1S/C46H86N2O8Si4/c1-7-9-11-13-15-17-19-21-23-25-27-29-39-57(3)53-59(5,41-31-37-47-43(49)33-34-44(47)50)55-58(4,40-30-28-26-24-22-20-18-16-14-12-10-8-2)56-60(6,54-57)42-32-38-48-45(51)35-36-46(48)52/h33-36H,7-32,37-42H2,1-6H3. The van der Waals surface area contributed by atoms with Crippen molar-refractivity contribution in [1.82, 2.24) is 9.80 Å². The van der Waals surface area contributed by atoms with Crippen molar-refractivity contribution in [1.29, 1.82) is 0 Å². The van der Waals surface area contributed by atoms with Crippen molar-refractivity contribution >= 4 is 57.9 Å². The van der Waals surface area contributed by atoms with Crippen LogP contribution in [0.4, 0.5) is 0 Å². The van der Waals surface area contributed by atoms with Gasteiger partial charge in [-0.3, -0.25) is 29.0 Å². The van der Waals surface area contributed by atoms with Crippen LogP contribution in [0.3, 0.4) is 0 Å². The molecule has 0 unspecified atom stereocenters. The fraction of sp³-hybridized carbons (Fsp3) is 0.826. The lowest BCUT2D eigenvalue weighted by Crippen LogP contribution is -2.67. The second-order valence-electron chi connectivity index (χ2n) is 18.8. The molecule has 3 aliphatic heterocycles. The first-order valence-electron chi connectivity index (χ1n) is 24.6. The average Bonchev–Trinajstić information content (AvgIpc) is 3.68. The van der Waals surface area contributed by atoms with Crippen LogP contribution in [-0.2, 0) is 35.6 Å². The van der Waals surface area contributed by atoms with Crippen molar-refractivity contribution < 1.29 is 35.6 Å². The number of hydrogen-bond donors (Lipinski definition) is 0. The number of amides is 4. The van der Waals surface area contributed by atoms with Crippen molar-refractivity contribution in [3.05, 3.63) is 24.3 Å². The predicted molar refractivity (Wildman–Crippen MR) is 253 cm³/mol. The Labute approximate surface area is 370 Å². The fourth-order valence-electron chi connectivity index (χ4n) is 9.31. The van der Waals surface area contributed by atoms with Gasteiger partial charge >= 0.3 is 34.2 Å². The maximum Gasteiger partial charge on any atom is 0.317 e. The van der Waals surface area contributed by atoms with Gasteiger partial charge in [0.2, 0.25) is 0 Å². The lowest BCUT2D eigenvalue weighted by atomic mass is 10.1. The molecule has 3 aliphatic rings. The van der Waals surface area contributed by atoms with E-state index in [4.69, 9.17) is 16.5 Å². The molecule has 0 aromatic rings. The van der Waals surface area contributed by atoms with E-state index >= 15 is 0 Å². The minimum Gasteiger partial charge on any atom is -0.416 e. The summed E-state index contributed by atoms with van der Waals surface area (Å²) in [5.41, 5.74) is 0. The molecule has 3 heterocycles. The lowest BCUT2D eigenvalue weighted by Gasteiger charge is -2.50. The van der Waals surface area contributed by atoms with Crippen LogP contribution in [0.1, 0.15) is 181 Å². The second-order valence-corrected chi connectivity index (χ2v) is 33.1. The number of nitrogens with zero attached hydrogens (tertiary/aromatic N) is 2. The molecule has 0 aliphatic carbocycles. The number of unbranched alkanes of at least 4 members (excludes halogenated alkanes) is 22. The summed E-state index contributed by atoms with van der Waals surface area (Å²) < 4.78 is 29.6. The van der Waals surface area contributed by atoms with E-state index in [1.165, 1.54) is 163 Å². The minimum atomic E-state index is -2.92. The molecule has 60 heavy (non-hydrogen) atoms. The zero-order valence-electron chi connectivity index (χ0n) is 39.1. The number of carbonyl (C=O) groups is 4. The molecule has 344 valence electrons. The van der Waals surface area contributed by atoms with Crippen LogP contribution in [0, 0.1) is 0 Å². The maximum absolute atomic E-state index is 12.4. The fourth-order valence-corrected chi connectivity index (χ4v) is 32.7. The van der Waals surface area contributed by atoms with Gasteiger partial charge in [0.25, 0.3) is 23.6 Å². The van der Waals surface area contributed by atoms with Crippen LogP contribution in [0.2, 0.25) is 50.4 Å². The van der Waals surface area contributed by atoms with E-state index < -0.39 is 34.2 Å². The molecule has 0 spiro atoms. The van der Waals surface area contributed by atoms with Gasteiger partial charge in [0.05, 0.1) is 0 Å². The number of hydrogen-bond acceptors (Lipinski definition) is 8. The van der Waals surface area contributed by atoms with E-state index in [0.717, 1.165) is 37.8 Å². The van der Waals surface area contributed by atoms with Crippen LogP contribution in [0.15, 0.2) is 24.3 Å². The highest BCUT2D eigenvalue weighted by atomic mass is 28.5. The Kier molecular flexibility index (Phi) is 24.9. The zero-order valence-corrected chi connectivity index (χ0v) is 43.1. The average molecular weight is 908 g/mol. The van der Waals surface area contributed by atoms with Crippen molar-refractivity contribution in [3.63, 3.8) is 0 Å². The molecule has 14 heteroatoms. The molecule has 3 rings (SSSR count). The van der Waals surface area contributed by atoms with Crippen molar-refractivity contribution in [2.24, 2.45) is 0 Å². The van der Waals surface area contributed by atoms with Crippen LogP contribution < -0.4 is 0 Å². The summed E-state index contributed by atoms with van der Waals surface area (Å²) in [4.78, 5) is 52.3. The highest BCUT2D eigenvalue weighted by Crippen LogP contribution is 2.39. The maximum atomic E-state index is 12.4. The van der Waals surface area contributed by atoms with Crippen LogP contribution in [0.5, 0.6) is 0 Å². The van der Waals surface area contributed by atoms with E-state index in [1.807, 2.05) is 0 Å². The Bertz CT molecular complexity index is 1220. The smallest absolute Gasteiger partial charge is 0.317 e. The van der Waals surface area contributed by atoms with Crippen LogP contribution in [-0.4, -0.2) is 80.8 Å². The number of rotatable bonds is 34. The van der Waals surface area contributed by atoms with E-state index in [2.05, 4.69) is 40.0 Å². The van der Waals surface area contributed by atoms with Gasteiger partial charge in [0, 0.05) is 37.4 Å². The molecule has 0 bridgehead atoms. The Morgan fingerprint density at radius 1 is 0.333 bits per heavy atom. The summed E-state index contributed by atoms with van der Waals surface area (Å²) in [5, 5.41) is 0. The molecule has 0 N–H and O–H groups in total. The van der Waals surface area contributed by atoms with Crippen LogP contribution in [0.25, 0.3) is 0 Å². The summed E-state index contributed by atoms with van der Waals surface area (Å²) in [5.74, 6) is -1.04. The first-order valence-corrected chi connectivity index (χ1v) is 34.7. The minimum absolute atomic E-state index is 0.259. The molecule has 0 saturated carbocycles. The van der Waals surface area contributed by atoms with Crippen molar-refractivity contribution in [2.45, 2.75) is 231 Å². The molecular weight excluding hydrogens is 821 g/mol. The monoisotopic (exact) mass is 907 g/mol. The largest absolute Gasteiger partial charge is 0.416 e. The predicted octanol–water partition coefficient (Wildman–Crippen LogP) is 12.4. The first-order chi connectivity index (χ1) is 28.7. The highest BCUT2D eigenvalue weighted by molar-refractivity contribution is 6.93. The number of imide groups is 2. The van der Waals surface area contributed by atoms with Gasteiger partial charge in [-0.1, -0.05) is 168 Å². The third-order valence-corrected chi connectivity index (χ3v) is 31.4. The van der Waals surface area contributed by atoms with Crippen molar-refractivity contribution in [2.75, 3.05) is 13.1 Å². The SMILES string of the molecule is CCCCCCCCCCCCCC[Si]1(C)O[Si](C)(CCCN2C(=O)C=CC2=O)O[Si](C)(CCCCCCCCCCCCCC)O[Si](C)(CCCN2C(=O)C=CC2=O)O1. The summed E-state index contributed by atoms with van der Waals surface area (Å²) in [6.45, 7) is 13.9. The molecule has 1 fully saturated rings. The molecule has 0 radical (unpaired) electrons. The topological polar surface area (TPSA) is 112 Å². The van der Waals surface area contributed by atoms with Gasteiger partial charge in [-0.25, -0.2) is 0 Å². The van der Waals surface area contributed by atoms with Gasteiger partial charge in [-0.2, -0.15) is 0 Å². The molecule has 0 atom stereocenters. The summed E-state index contributed by atoms with van der Waals surface area (Å²) in [6.07, 6.45) is 37.3. The molecule has 10 nitrogen and oxygen atoms in total. The van der Waals surface area contributed by atoms with E-state index in [-0.39, 0.29) is 23.6 Å². The summed E-state index contributed by atoms with van der Waals surface area (Å²) in [7, 11) is -11.6. The molecule has 4 amide bonds. The van der Waals surface area contributed by atoms with Gasteiger partial charge in [0.15, 0.2) is 0 Å². The number of carbonyl (C=O) groups excluding carboxylic acids is 4. The quantitative estimate of drug-likeness (QED) is 0.0356. The Morgan fingerprint density at radius 2 is 0.533 bits per heavy atom. The Morgan fingerprint density at radius 3 is 0.767 bits per heavy atom. The summed E-state index contributed by atoms with van der Waals surface area (Å²) in [6, 6.07) is 2.98. The first kappa shape index (κ1) is 52.8. The Hall–Kier alpha value is -1.53. The van der Waals surface area contributed by atoms with E-state index in [0.29, 0.717) is 38.0 Å². The third-order valence-electron chi connectivity index (χ3n) is 12.5.